The molecular formula is C27H25F2N3O2S. The number of amides is 3. The summed E-state index contributed by atoms with van der Waals surface area (Å²) in [6, 6.07) is 17.0. The van der Waals surface area contributed by atoms with E-state index >= 15 is 0 Å². The number of aryl methyl sites for hydroxylation is 1. The SMILES string of the molecule is Cc1ccc2c(c1)C1(SC(C)(C)CN1C(=O)Nc1cccc(F)c1)C(=O)N2Cc1ccc(F)cc1. The van der Waals surface area contributed by atoms with E-state index in [1.165, 1.54) is 42.1 Å². The van der Waals surface area contributed by atoms with Gasteiger partial charge in [0.2, 0.25) is 0 Å². The van der Waals surface area contributed by atoms with E-state index in [0.717, 1.165) is 22.4 Å². The first-order valence-electron chi connectivity index (χ1n) is 11.3. The normalized spacial score (nSPS) is 20.4. The molecule has 3 amide bonds. The van der Waals surface area contributed by atoms with E-state index in [4.69, 9.17) is 0 Å². The maximum atomic E-state index is 14.2. The van der Waals surface area contributed by atoms with Gasteiger partial charge in [-0.1, -0.05) is 35.9 Å². The summed E-state index contributed by atoms with van der Waals surface area (Å²) in [6.07, 6.45) is 0. The number of rotatable bonds is 3. The first-order chi connectivity index (χ1) is 16.6. The first kappa shape index (κ1) is 23.4. The molecule has 1 saturated heterocycles. The zero-order valence-corrected chi connectivity index (χ0v) is 20.5. The summed E-state index contributed by atoms with van der Waals surface area (Å²) in [4.78, 5) is 29.8. The van der Waals surface area contributed by atoms with Crippen LogP contribution in [-0.4, -0.2) is 28.1 Å². The van der Waals surface area contributed by atoms with Crippen molar-refractivity contribution in [1.29, 1.82) is 0 Å². The van der Waals surface area contributed by atoms with Gasteiger partial charge in [-0.15, -0.1) is 11.8 Å². The van der Waals surface area contributed by atoms with Crippen LogP contribution in [0.2, 0.25) is 0 Å². The van der Waals surface area contributed by atoms with Gasteiger partial charge in [-0.05, 0) is 62.7 Å². The molecule has 0 radical (unpaired) electrons. The van der Waals surface area contributed by atoms with Gasteiger partial charge in [-0.25, -0.2) is 13.6 Å². The Morgan fingerprint density at radius 1 is 1.03 bits per heavy atom. The molecule has 35 heavy (non-hydrogen) atoms. The lowest BCUT2D eigenvalue weighted by molar-refractivity contribution is -0.123. The molecule has 1 atom stereocenters. The van der Waals surface area contributed by atoms with Gasteiger partial charge in [-0.3, -0.25) is 9.69 Å². The number of nitrogens with zero attached hydrogens (tertiary/aromatic N) is 2. The molecule has 1 fully saturated rings. The van der Waals surface area contributed by atoms with Crippen molar-refractivity contribution in [1.82, 2.24) is 4.90 Å². The van der Waals surface area contributed by atoms with Crippen molar-refractivity contribution in [3.05, 3.63) is 95.1 Å². The Bertz CT molecular complexity index is 1330. The van der Waals surface area contributed by atoms with Crippen molar-refractivity contribution in [2.24, 2.45) is 0 Å². The second kappa shape index (κ2) is 8.37. The molecule has 1 spiro atoms. The van der Waals surface area contributed by atoms with Crippen LogP contribution in [0, 0.1) is 18.6 Å². The average molecular weight is 494 g/mol. The quantitative estimate of drug-likeness (QED) is 0.485. The topological polar surface area (TPSA) is 52.7 Å². The van der Waals surface area contributed by atoms with E-state index < -0.39 is 21.5 Å². The van der Waals surface area contributed by atoms with Crippen molar-refractivity contribution in [3.8, 4) is 0 Å². The van der Waals surface area contributed by atoms with Crippen molar-refractivity contribution in [2.75, 3.05) is 16.8 Å². The summed E-state index contributed by atoms with van der Waals surface area (Å²) in [5.74, 6) is -1.04. The smallest absolute Gasteiger partial charge is 0.308 e. The molecule has 1 N–H and O–H groups in total. The minimum atomic E-state index is -1.28. The Morgan fingerprint density at radius 2 is 1.77 bits per heavy atom. The van der Waals surface area contributed by atoms with Crippen LogP contribution in [0.1, 0.15) is 30.5 Å². The maximum Gasteiger partial charge on any atom is 0.323 e. The fourth-order valence-electron chi connectivity index (χ4n) is 4.80. The van der Waals surface area contributed by atoms with Gasteiger partial charge in [0.05, 0.1) is 12.2 Å². The number of carbonyl (C=O) groups is 2. The molecule has 3 aromatic rings. The molecule has 1 unspecified atom stereocenters. The van der Waals surface area contributed by atoms with Gasteiger partial charge in [0.15, 0.2) is 4.87 Å². The number of anilines is 2. The molecule has 8 heteroatoms. The van der Waals surface area contributed by atoms with Crippen LogP contribution in [0.15, 0.2) is 66.7 Å². The number of nitrogens with one attached hydrogen (secondary N) is 1. The van der Waals surface area contributed by atoms with Crippen LogP contribution < -0.4 is 10.2 Å². The number of carbonyl (C=O) groups excluding carboxylic acids is 2. The highest BCUT2D eigenvalue weighted by atomic mass is 32.2. The Morgan fingerprint density at radius 3 is 2.49 bits per heavy atom. The van der Waals surface area contributed by atoms with Crippen LogP contribution in [0.4, 0.5) is 25.0 Å². The Hall–Kier alpha value is -3.39. The highest BCUT2D eigenvalue weighted by molar-refractivity contribution is 8.02. The van der Waals surface area contributed by atoms with Crippen LogP contribution in [0.3, 0.4) is 0 Å². The molecule has 2 aliphatic heterocycles. The minimum absolute atomic E-state index is 0.229. The Kier molecular flexibility index (Phi) is 5.59. The summed E-state index contributed by atoms with van der Waals surface area (Å²) in [6.45, 7) is 6.52. The maximum absolute atomic E-state index is 14.2. The number of urea groups is 1. The van der Waals surface area contributed by atoms with Crippen LogP contribution >= 0.6 is 11.8 Å². The molecule has 3 aromatic carbocycles. The van der Waals surface area contributed by atoms with E-state index in [0.29, 0.717) is 12.2 Å². The molecule has 5 nitrogen and oxygen atoms in total. The van der Waals surface area contributed by atoms with Gasteiger partial charge in [-0.2, -0.15) is 0 Å². The molecular weight excluding hydrogens is 468 g/mol. The second-order valence-electron chi connectivity index (χ2n) is 9.57. The first-order valence-corrected chi connectivity index (χ1v) is 12.1. The van der Waals surface area contributed by atoms with Crippen LogP contribution in [0.5, 0.6) is 0 Å². The van der Waals surface area contributed by atoms with Crippen molar-refractivity contribution in [2.45, 2.75) is 36.9 Å². The average Bonchev–Trinajstić information content (AvgIpc) is 3.21. The standard InChI is InChI=1S/C27H25F2N3O2S/c1-17-7-12-23-22(13-17)27(24(33)31(23)15-18-8-10-19(28)11-9-18)32(16-26(2,3)35-27)25(34)30-21-6-4-5-20(29)14-21/h4-14H,15-16H2,1-3H3,(H,30,34). The van der Waals surface area contributed by atoms with Gasteiger partial charge < -0.3 is 10.2 Å². The third-order valence-electron chi connectivity index (χ3n) is 6.26. The van der Waals surface area contributed by atoms with Crippen molar-refractivity contribution < 1.29 is 18.4 Å². The second-order valence-corrected chi connectivity index (χ2v) is 11.5. The number of halogens is 2. The lowest BCUT2D eigenvalue weighted by Gasteiger charge is -2.33. The predicted octanol–water partition coefficient (Wildman–Crippen LogP) is 6.03. The van der Waals surface area contributed by atoms with Crippen molar-refractivity contribution >= 4 is 35.1 Å². The number of thioether (sulfide) groups is 1. The molecule has 2 heterocycles. The highest BCUT2D eigenvalue weighted by Crippen LogP contribution is 2.60. The fraction of sp³-hybridized carbons (Fsp3) is 0.259. The van der Waals surface area contributed by atoms with Crippen molar-refractivity contribution in [3.63, 3.8) is 0 Å². The van der Waals surface area contributed by atoms with E-state index in [9.17, 15) is 18.4 Å². The van der Waals surface area contributed by atoms with Gasteiger partial charge in [0, 0.05) is 22.5 Å². The highest BCUT2D eigenvalue weighted by Gasteiger charge is 2.63. The van der Waals surface area contributed by atoms with E-state index in [2.05, 4.69) is 5.32 Å². The summed E-state index contributed by atoms with van der Waals surface area (Å²) in [7, 11) is 0. The lowest BCUT2D eigenvalue weighted by atomic mass is 10.0. The third-order valence-corrected chi connectivity index (χ3v) is 7.85. The van der Waals surface area contributed by atoms with Crippen LogP contribution in [0.25, 0.3) is 0 Å². The zero-order valence-electron chi connectivity index (χ0n) is 19.6. The molecule has 5 rings (SSSR count). The third kappa shape index (κ3) is 4.05. The largest absolute Gasteiger partial charge is 0.323 e. The molecule has 0 aromatic heterocycles. The Labute approximate surface area is 207 Å². The number of fused-ring (bicyclic) bond motifs is 2. The summed E-state index contributed by atoms with van der Waals surface area (Å²) in [5.41, 5.74) is 3.53. The summed E-state index contributed by atoms with van der Waals surface area (Å²) < 4.78 is 26.8. The van der Waals surface area contributed by atoms with Gasteiger partial charge in [0.1, 0.15) is 11.6 Å². The molecule has 0 bridgehead atoms. The Balaban J connectivity index is 1.58. The van der Waals surface area contributed by atoms with Gasteiger partial charge in [0.25, 0.3) is 5.91 Å². The molecule has 180 valence electrons. The van der Waals surface area contributed by atoms with E-state index in [1.54, 1.807) is 28.0 Å². The zero-order chi connectivity index (χ0) is 25.0. The van der Waals surface area contributed by atoms with E-state index in [1.807, 2.05) is 39.0 Å². The lowest BCUT2D eigenvalue weighted by Crippen LogP contribution is -2.51. The summed E-state index contributed by atoms with van der Waals surface area (Å²) >= 11 is 1.44. The number of hydrogen-bond donors (Lipinski definition) is 1. The fourth-order valence-corrected chi connectivity index (χ4v) is 6.53. The van der Waals surface area contributed by atoms with Crippen LogP contribution in [-0.2, 0) is 16.2 Å². The van der Waals surface area contributed by atoms with E-state index in [-0.39, 0.29) is 18.3 Å². The number of hydrogen-bond acceptors (Lipinski definition) is 3. The van der Waals surface area contributed by atoms with Gasteiger partial charge >= 0.3 is 6.03 Å². The number of benzene rings is 3. The monoisotopic (exact) mass is 493 g/mol. The predicted molar refractivity (Wildman–Crippen MR) is 134 cm³/mol. The molecule has 2 aliphatic rings. The molecule has 0 aliphatic carbocycles. The molecule has 0 saturated carbocycles. The minimum Gasteiger partial charge on any atom is -0.308 e. The summed E-state index contributed by atoms with van der Waals surface area (Å²) in [5, 5.41) is 2.77.